The number of carbonyl (C=O) groups is 1. The van der Waals surface area contributed by atoms with E-state index in [9.17, 15) is 9.59 Å². The zero-order valence-corrected chi connectivity index (χ0v) is 15.8. The number of nitrogens with zero attached hydrogens (tertiary/aromatic N) is 2. The van der Waals surface area contributed by atoms with Gasteiger partial charge in [0.15, 0.2) is 5.82 Å². The topological polar surface area (TPSA) is 73.2 Å². The van der Waals surface area contributed by atoms with E-state index in [-0.39, 0.29) is 12.2 Å². The lowest BCUT2D eigenvalue weighted by atomic mass is 10.1. The summed E-state index contributed by atoms with van der Waals surface area (Å²) >= 11 is 0. The summed E-state index contributed by atoms with van der Waals surface area (Å²) in [6.07, 6.45) is 0. The van der Waals surface area contributed by atoms with Gasteiger partial charge < -0.3 is 4.74 Å². The quantitative estimate of drug-likeness (QED) is 0.569. The van der Waals surface area contributed by atoms with E-state index < -0.39 is 5.91 Å². The third kappa shape index (κ3) is 4.01. The minimum absolute atomic E-state index is 0.0261. The van der Waals surface area contributed by atoms with Gasteiger partial charge in [0.2, 0.25) is 0 Å². The SMILES string of the molecule is Cc1ccc(C(=O)Nn2c(COc3ccccc3)nc3ccccc3c2=O)cc1. The van der Waals surface area contributed by atoms with E-state index in [1.165, 1.54) is 0 Å². The molecule has 0 fully saturated rings. The average Bonchev–Trinajstić information content (AvgIpc) is 2.75. The number of para-hydroxylation sites is 2. The first-order chi connectivity index (χ1) is 14.1. The Balaban J connectivity index is 1.71. The van der Waals surface area contributed by atoms with Crippen molar-refractivity contribution in [1.82, 2.24) is 9.66 Å². The molecule has 0 saturated carbocycles. The summed E-state index contributed by atoms with van der Waals surface area (Å²) in [5.74, 6) is 0.550. The van der Waals surface area contributed by atoms with Crippen LogP contribution in [0.5, 0.6) is 5.75 Å². The lowest BCUT2D eigenvalue weighted by Crippen LogP contribution is -2.37. The van der Waals surface area contributed by atoms with Crippen LogP contribution in [0.3, 0.4) is 0 Å². The van der Waals surface area contributed by atoms with Crippen LogP contribution in [0.2, 0.25) is 0 Å². The van der Waals surface area contributed by atoms with Crippen LogP contribution in [0, 0.1) is 6.92 Å². The van der Waals surface area contributed by atoms with Crippen molar-refractivity contribution in [3.05, 3.63) is 106 Å². The van der Waals surface area contributed by atoms with E-state index in [0.29, 0.717) is 28.0 Å². The smallest absolute Gasteiger partial charge is 0.280 e. The van der Waals surface area contributed by atoms with Crippen molar-refractivity contribution < 1.29 is 9.53 Å². The molecule has 144 valence electrons. The second kappa shape index (κ2) is 7.98. The van der Waals surface area contributed by atoms with Crippen molar-refractivity contribution in [3.8, 4) is 5.75 Å². The Bertz CT molecular complexity index is 1220. The van der Waals surface area contributed by atoms with Crippen LogP contribution in [0.1, 0.15) is 21.7 Å². The van der Waals surface area contributed by atoms with Crippen LogP contribution in [-0.2, 0) is 6.61 Å². The maximum Gasteiger partial charge on any atom is 0.280 e. The van der Waals surface area contributed by atoms with Crippen molar-refractivity contribution in [2.75, 3.05) is 5.43 Å². The summed E-state index contributed by atoms with van der Waals surface area (Å²) in [5.41, 5.74) is 4.35. The predicted molar refractivity (Wildman–Crippen MR) is 112 cm³/mol. The number of hydrogen-bond donors (Lipinski definition) is 1. The minimum atomic E-state index is -0.398. The number of aromatic nitrogens is 2. The van der Waals surface area contributed by atoms with E-state index >= 15 is 0 Å². The molecule has 0 aliphatic rings. The normalized spacial score (nSPS) is 10.7. The van der Waals surface area contributed by atoms with Crippen LogP contribution in [-0.4, -0.2) is 15.6 Å². The van der Waals surface area contributed by atoms with Gasteiger partial charge in [0, 0.05) is 5.56 Å². The maximum absolute atomic E-state index is 13.0. The summed E-state index contributed by atoms with van der Waals surface area (Å²) in [4.78, 5) is 30.3. The maximum atomic E-state index is 13.0. The number of nitrogens with one attached hydrogen (secondary N) is 1. The van der Waals surface area contributed by atoms with E-state index in [1.54, 1.807) is 30.3 Å². The molecule has 0 aliphatic heterocycles. The number of benzene rings is 3. The molecule has 0 radical (unpaired) electrons. The Morgan fingerprint density at radius 1 is 0.966 bits per heavy atom. The highest BCUT2D eigenvalue weighted by Gasteiger charge is 2.15. The number of ether oxygens (including phenoxy) is 1. The van der Waals surface area contributed by atoms with Crippen LogP contribution in [0.25, 0.3) is 10.9 Å². The van der Waals surface area contributed by atoms with Crippen molar-refractivity contribution in [2.24, 2.45) is 0 Å². The van der Waals surface area contributed by atoms with E-state index in [1.807, 2.05) is 55.5 Å². The zero-order chi connectivity index (χ0) is 20.2. The number of hydrogen-bond acceptors (Lipinski definition) is 4. The lowest BCUT2D eigenvalue weighted by Gasteiger charge is -2.15. The molecule has 4 rings (SSSR count). The number of rotatable bonds is 5. The molecule has 1 aromatic heterocycles. The minimum Gasteiger partial charge on any atom is -0.486 e. The molecule has 1 heterocycles. The molecule has 6 heteroatoms. The Labute approximate surface area is 167 Å². The zero-order valence-electron chi connectivity index (χ0n) is 15.8. The van der Waals surface area contributed by atoms with Gasteiger partial charge in [-0.3, -0.25) is 15.0 Å². The largest absolute Gasteiger partial charge is 0.486 e. The highest BCUT2D eigenvalue weighted by Crippen LogP contribution is 2.13. The van der Waals surface area contributed by atoms with Crippen LogP contribution in [0.4, 0.5) is 0 Å². The summed E-state index contributed by atoms with van der Waals surface area (Å²) < 4.78 is 6.93. The molecule has 0 saturated heterocycles. The fourth-order valence-electron chi connectivity index (χ4n) is 2.93. The van der Waals surface area contributed by atoms with Gasteiger partial charge in [0.05, 0.1) is 10.9 Å². The lowest BCUT2D eigenvalue weighted by molar-refractivity contribution is 0.100. The van der Waals surface area contributed by atoms with Crippen molar-refractivity contribution in [3.63, 3.8) is 0 Å². The summed E-state index contributed by atoms with van der Waals surface area (Å²) in [7, 11) is 0. The molecule has 6 nitrogen and oxygen atoms in total. The third-order valence-electron chi connectivity index (χ3n) is 4.48. The van der Waals surface area contributed by atoms with Crippen molar-refractivity contribution in [2.45, 2.75) is 13.5 Å². The molecular weight excluding hydrogens is 366 g/mol. The fourth-order valence-corrected chi connectivity index (χ4v) is 2.93. The number of amides is 1. The monoisotopic (exact) mass is 385 g/mol. The van der Waals surface area contributed by atoms with Gasteiger partial charge in [-0.25, -0.2) is 4.98 Å². The van der Waals surface area contributed by atoms with Crippen LogP contribution < -0.4 is 15.7 Å². The van der Waals surface area contributed by atoms with E-state index in [4.69, 9.17) is 4.74 Å². The standard InChI is InChI=1S/C23H19N3O3/c1-16-11-13-17(14-12-16)22(27)25-26-21(15-29-18-7-3-2-4-8-18)24-20-10-6-5-9-19(20)23(26)28/h2-14H,15H2,1H3,(H,25,27). The van der Waals surface area contributed by atoms with E-state index in [2.05, 4.69) is 10.4 Å². The van der Waals surface area contributed by atoms with Crippen LogP contribution >= 0.6 is 0 Å². The molecule has 0 aliphatic carbocycles. The molecule has 0 spiro atoms. The number of aryl methyl sites for hydroxylation is 1. The number of fused-ring (bicyclic) bond motifs is 1. The summed E-state index contributed by atoms with van der Waals surface area (Å²) in [5, 5.41) is 0.417. The Morgan fingerprint density at radius 2 is 1.66 bits per heavy atom. The van der Waals surface area contributed by atoms with Gasteiger partial charge in [-0.15, -0.1) is 0 Å². The van der Waals surface area contributed by atoms with Crippen molar-refractivity contribution in [1.29, 1.82) is 0 Å². The first-order valence-electron chi connectivity index (χ1n) is 9.18. The molecular formula is C23H19N3O3. The summed E-state index contributed by atoms with van der Waals surface area (Å²) in [6, 6.07) is 23.4. The van der Waals surface area contributed by atoms with Gasteiger partial charge >= 0.3 is 0 Å². The molecule has 3 aromatic carbocycles. The molecule has 0 bridgehead atoms. The molecule has 0 atom stereocenters. The van der Waals surface area contributed by atoms with Gasteiger partial charge in [-0.2, -0.15) is 4.68 Å². The average molecular weight is 385 g/mol. The predicted octanol–water partition coefficient (Wildman–Crippen LogP) is 3.67. The van der Waals surface area contributed by atoms with Crippen LogP contribution in [0.15, 0.2) is 83.7 Å². The molecule has 1 amide bonds. The number of carbonyl (C=O) groups excluding carboxylic acids is 1. The van der Waals surface area contributed by atoms with Gasteiger partial charge in [0.25, 0.3) is 11.5 Å². The second-order valence-corrected chi connectivity index (χ2v) is 6.59. The van der Waals surface area contributed by atoms with Gasteiger partial charge in [-0.05, 0) is 43.3 Å². The first-order valence-corrected chi connectivity index (χ1v) is 9.18. The Morgan fingerprint density at radius 3 is 2.41 bits per heavy atom. The Kier molecular flexibility index (Phi) is 5.07. The molecule has 4 aromatic rings. The van der Waals surface area contributed by atoms with Gasteiger partial charge in [-0.1, -0.05) is 48.0 Å². The highest BCUT2D eigenvalue weighted by atomic mass is 16.5. The van der Waals surface area contributed by atoms with Gasteiger partial charge in [0.1, 0.15) is 12.4 Å². The Hall–Kier alpha value is -3.93. The van der Waals surface area contributed by atoms with E-state index in [0.717, 1.165) is 10.2 Å². The second-order valence-electron chi connectivity index (χ2n) is 6.59. The first kappa shape index (κ1) is 18.4. The summed E-state index contributed by atoms with van der Waals surface area (Å²) in [6.45, 7) is 1.97. The third-order valence-corrected chi connectivity index (χ3v) is 4.48. The molecule has 0 unspecified atom stereocenters. The highest BCUT2D eigenvalue weighted by molar-refractivity contribution is 6.00. The molecule has 1 N–H and O–H groups in total. The fraction of sp³-hybridized carbons (Fsp3) is 0.0870. The molecule has 29 heavy (non-hydrogen) atoms. The van der Waals surface area contributed by atoms with Crippen molar-refractivity contribution >= 4 is 16.8 Å².